The van der Waals surface area contributed by atoms with Crippen LogP contribution in [-0.4, -0.2) is 20.6 Å². The predicted molar refractivity (Wildman–Crippen MR) is 108 cm³/mol. The molecule has 0 fully saturated rings. The first kappa shape index (κ1) is 17.7. The van der Waals surface area contributed by atoms with Crippen LogP contribution < -0.4 is 5.32 Å². The standard InChI is InChI=1S/C22H20N4O2/c1-2-16-9-6-7-12-18(16)23-20(27)15-26-14-8-13-19(26)22-24-21(25-28-22)17-10-4-3-5-11-17/h3-14H,2,15H2,1H3,(H,23,27). The van der Waals surface area contributed by atoms with E-state index in [0.717, 1.165) is 23.2 Å². The van der Waals surface area contributed by atoms with E-state index in [1.54, 1.807) is 4.57 Å². The lowest BCUT2D eigenvalue weighted by Crippen LogP contribution is -2.19. The summed E-state index contributed by atoms with van der Waals surface area (Å²) in [5.74, 6) is 0.788. The molecule has 28 heavy (non-hydrogen) atoms. The highest BCUT2D eigenvalue weighted by molar-refractivity contribution is 5.91. The Hall–Kier alpha value is -3.67. The molecule has 0 spiro atoms. The molecule has 0 aliphatic carbocycles. The van der Waals surface area contributed by atoms with Crippen LogP contribution in [0.2, 0.25) is 0 Å². The second kappa shape index (κ2) is 7.92. The van der Waals surface area contributed by atoms with Crippen molar-refractivity contribution in [2.45, 2.75) is 19.9 Å². The summed E-state index contributed by atoms with van der Waals surface area (Å²) in [6.07, 6.45) is 2.68. The molecule has 0 unspecified atom stereocenters. The number of nitrogens with zero attached hydrogens (tertiary/aromatic N) is 3. The van der Waals surface area contributed by atoms with Crippen LogP contribution >= 0.6 is 0 Å². The average molecular weight is 372 g/mol. The maximum absolute atomic E-state index is 12.6. The number of nitrogens with one attached hydrogen (secondary N) is 1. The third-order valence-corrected chi connectivity index (χ3v) is 4.49. The minimum atomic E-state index is -0.110. The van der Waals surface area contributed by atoms with Gasteiger partial charge in [-0.25, -0.2) is 0 Å². The number of aryl methyl sites for hydroxylation is 1. The lowest BCUT2D eigenvalue weighted by Gasteiger charge is -2.11. The van der Waals surface area contributed by atoms with E-state index >= 15 is 0 Å². The molecule has 4 aromatic rings. The van der Waals surface area contributed by atoms with Crippen LogP contribution in [0.1, 0.15) is 12.5 Å². The van der Waals surface area contributed by atoms with Gasteiger partial charge >= 0.3 is 0 Å². The number of benzene rings is 2. The molecule has 0 saturated carbocycles. The molecular formula is C22H20N4O2. The number of aromatic nitrogens is 3. The summed E-state index contributed by atoms with van der Waals surface area (Å²) in [5, 5.41) is 7.04. The van der Waals surface area contributed by atoms with Crippen molar-refractivity contribution in [2.24, 2.45) is 0 Å². The van der Waals surface area contributed by atoms with Crippen LogP contribution in [0.3, 0.4) is 0 Å². The highest BCUT2D eigenvalue weighted by Crippen LogP contribution is 2.23. The molecule has 2 heterocycles. The minimum Gasteiger partial charge on any atom is -0.334 e. The number of rotatable bonds is 6. The number of para-hydroxylation sites is 1. The van der Waals surface area contributed by atoms with Crippen LogP contribution in [0, 0.1) is 0 Å². The number of carbonyl (C=O) groups excluding carboxylic acids is 1. The first-order valence-electron chi connectivity index (χ1n) is 9.17. The Balaban J connectivity index is 1.52. The van der Waals surface area contributed by atoms with Crippen LogP contribution in [-0.2, 0) is 17.8 Å². The zero-order chi connectivity index (χ0) is 19.3. The molecule has 6 heteroatoms. The Kier molecular flexibility index (Phi) is 5.01. The summed E-state index contributed by atoms with van der Waals surface area (Å²) in [4.78, 5) is 17.0. The van der Waals surface area contributed by atoms with Gasteiger partial charge in [0, 0.05) is 17.4 Å². The molecule has 0 bridgehead atoms. The van der Waals surface area contributed by atoms with Gasteiger partial charge in [-0.2, -0.15) is 4.98 Å². The third kappa shape index (κ3) is 3.71. The summed E-state index contributed by atoms with van der Waals surface area (Å²) in [6, 6.07) is 21.2. The van der Waals surface area contributed by atoms with Gasteiger partial charge in [-0.15, -0.1) is 0 Å². The topological polar surface area (TPSA) is 73.0 Å². The van der Waals surface area contributed by atoms with Gasteiger partial charge in [-0.1, -0.05) is 60.6 Å². The van der Waals surface area contributed by atoms with Crippen LogP contribution in [0.5, 0.6) is 0 Å². The molecule has 0 saturated heterocycles. The molecule has 2 aromatic carbocycles. The summed E-state index contributed by atoms with van der Waals surface area (Å²) >= 11 is 0. The first-order chi connectivity index (χ1) is 13.7. The lowest BCUT2D eigenvalue weighted by molar-refractivity contribution is -0.116. The van der Waals surface area contributed by atoms with Crippen LogP contribution in [0.15, 0.2) is 77.4 Å². The van der Waals surface area contributed by atoms with E-state index in [1.165, 1.54) is 0 Å². The van der Waals surface area contributed by atoms with Crippen molar-refractivity contribution in [3.63, 3.8) is 0 Å². The molecule has 4 rings (SSSR count). The van der Waals surface area contributed by atoms with Crippen molar-refractivity contribution in [2.75, 3.05) is 5.32 Å². The van der Waals surface area contributed by atoms with Gasteiger partial charge in [0.25, 0.3) is 5.89 Å². The van der Waals surface area contributed by atoms with E-state index in [-0.39, 0.29) is 12.5 Å². The Morgan fingerprint density at radius 1 is 1.04 bits per heavy atom. The van der Waals surface area contributed by atoms with E-state index in [4.69, 9.17) is 4.52 Å². The van der Waals surface area contributed by atoms with E-state index < -0.39 is 0 Å². The zero-order valence-corrected chi connectivity index (χ0v) is 15.5. The molecule has 0 aliphatic heterocycles. The van der Waals surface area contributed by atoms with Gasteiger partial charge in [0.2, 0.25) is 11.7 Å². The summed E-state index contributed by atoms with van der Waals surface area (Å²) < 4.78 is 7.22. The van der Waals surface area contributed by atoms with E-state index in [1.807, 2.05) is 72.9 Å². The van der Waals surface area contributed by atoms with Gasteiger partial charge in [0.05, 0.1) is 0 Å². The zero-order valence-electron chi connectivity index (χ0n) is 15.5. The lowest BCUT2D eigenvalue weighted by atomic mass is 10.1. The van der Waals surface area contributed by atoms with E-state index in [0.29, 0.717) is 17.4 Å². The van der Waals surface area contributed by atoms with E-state index in [2.05, 4.69) is 22.4 Å². The number of amides is 1. The Bertz CT molecular complexity index is 1080. The molecule has 0 radical (unpaired) electrons. The molecule has 0 atom stereocenters. The molecule has 0 aliphatic rings. The predicted octanol–water partition coefficient (Wildman–Crippen LogP) is 4.41. The van der Waals surface area contributed by atoms with Crippen molar-refractivity contribution in [1.82, 2.24) is 14.7 Å². The monoisotopic (exact) mass is 372 g/mol. The molecular weight excluding hydrogens is 352 g/mol. The van der Waals surface area contributed by atoms with Gasteiger partial charge in [0.15, 0.2) is 0 Å². The average Bonchev–Trinajstić information content (AvgIpc) is 3.38. The molecule has 1 N–H and O–H groups in total. The molecule has 2 aromatic heterocycles. The second-order valence-corrected chi connectivity index (χ2v) is 6.37. The first-order valence-corrected chi connectivity index (χ1v) is 9.17. The van der Waals surface area contributed by atoms with Gasteiger partial charge in [-0.05, 0) is 30.2 Å². The molecule has 6 nitrogen and oxygen atoms in total. The minimum absolute atomic E-state index is 0.110. The summed E-state index contributed by atoms with van der Waals surface area (Å²) in [7, 11) is 0. The van der Waals surface area contributed by atoms with Gasteiger partial charge < -0.3 is 14.4 Å². The van der Waals surface area contributed by atoms with Crippen molar-refractivity contribution >= 4 is 11.6 Å². The molecule has 1 amide bonds. The smallest absolute Gasteiger partial charge is 0.274 e. The normalized spacial score (nSPS) is 10.8. The molecule has 140 valence electrons. The van der Waals surface area contributed by atoms with Gasteiger partial charge in [0.1, 0.15) is 12.2 Å². The van der Waals surface area contributed by atoms with Crippen molar-refractivity contribution in [1.29, 1.82) is 0 Å². The Labute approximate surface area is 162 Å². The fourth-order valence-electron chi connectivity index (χ4n) is 3.07. The summed E-state index contributed by atoms with van der Waals surface area (Å²) in [5.41, 5.74) is 3.53. The van der Waals surface area contributed by atoms with Crippen molar-refractivity contribution in [3.8, 4) is 23.0 Å². The third-order valence-electron chi connectivity index (χ3n) is 4.49. The number of hydrogen-bond acceptors (Lipinski definition) is 4. The SMILES string of the molecule is CCc1ccccc1NC(=O)Cn1cccc1-c1nc(-c2ccccc2)no1. The largest absolute Gasteiger partial charge is 0.334 e. The Morgan fingerprint density at radius 2 is 1.82 bits per heavy atom. The maximum Gasteiger partial charge on any atom is 0.274 e. The van der Waals surface area contributed by atoms with Crippen molar-refractivity contribution in [3.05, 3.63) is 78.5 Å². The maximum atomic E-state index is 12.6. The van der Waals surface area contributed by atoms with Crippen LogP contribution in [0.4, 0.5) is 5.69 Å². The highest BCUT2D eigenvalue weighted by atomic mass is 16.5. The number of anilines is 1. The van der Waals surface area contributed by atoms with Gasteiger partial charge in [-0.3, -0.25) is 4.79 Å². The number of hydrogen-bond donors (Lipinski definition) is 1. The van der Waals surface area contributed by atoms with Crippen molar-refractivity contribution < 1.29 is 9.32 Å². The fraction of sp³-hybridized carbons (Fsp3) is 0.136. The quantitative estimate of drug-likeness (QED) is 0.544. The van der Waals surface area contributed by atoms with E-state index in [9.17, 15) is 4.79 Å². The number of carbonyl (C=O) groups is 1. The summed E-state index contributed by atoms with van der Waals surface area (Å²) in [6.45, 7) is 2.22. The van der Waals surface area contributed by atoms with Crippen LogP contribution in [0.25, 0.3) is 23.0 Å². The fourth-order valence-corrected chi connectivity index (χ4v) is 3.07. The Morgan fingerprint density at radius 3 is 2.64 bits per heavy atom. The second-order valence-electron chi connectivity index (χ2n) is 6.37. The highest BCUT2D eigenvalue weighted by Gasteiger charge is 2.15.